The molecule has 0 bridgehead atoms. The van der Waals surface area contributed by atoms with Crippen molar-refractivity contribution in [3.63, 3.8) is 0 Å². The average molecular weight is 405 g/mol. The molecule has 0 unspecified atom stereocenters. The topological polar surface area (TPSA) is 67.9 Å². The molecule has 28 heavy (non-hydrogen) atoms. The molecule has 0 radical (unpaired) electrons. The van der Waals surface area contributed by atoms with E-state index >= 15 is 0 Å². The smallest absolute Gasteiger partial charge is 0.241 e. The van der Waals surface area contributed by atoms with Crippen LogP contribution in [-0.4, -0.2) is 39.6 Å². The molecule has 0 saturated heterocycles. The van der Waals surface area contributed by atoms with Crippen LogP contribution in [0.1, 0.15) is 31.4 Å². The summed E-state index contributed by atoms with van der Waals surface area (Å²) in [5.74, 6) is 1.06. The molecule has 1 heterocycles. The number of rotatable bonds is 8. The SMILES string of the molecule is CCN(CC)Cc1ccc(CNS(=O)(=O)c2ccc3c(c2)OCCCO3)cc1. The van der Waals surface area contributed by atoms with E-state index in [2.05, 4.69) is 35.6 Å². The van der Waals surface area contributed by atoms with Crippen LogP contribution in [0.25, 0.3) is 0 Å². The van der Waals surface area contributed by atoms with Gasteiger partial charge in [-0.15, -0.1) is 0 Å². The summed E-state index contributed by atoms with van der Waals surface area (Å²) >= 11 is 0. The Morgan fingerprint density at radius 1 is 0.929 bits per heavy atom. The molecular formula is C21H28N2O4S. The summed E-state index contributed by atoms with van der Waals surface area (Å²) < 4.78 is 39.1. The fourth-order valence-electron chi connectivity index (χ4n) is 3.04. The molecule has 152 valence electrons. The molecule has 0 saturated carbocycles. The highest BCUT2D eigenvalue weighted by Gasteiger charge is 2.18. The molecule has 6 nitrogen and oxygen atoms in total. The molecule has 1 aliphatic rings. The van der Waals surface area contributed by atoms with Gasteiger partial charge < -0.3 is 9.47 Å². The van der Waals surface area contributed by atoms with E-state index in [9.17, 15) is 8.42 Å². The Bertz CT molecular complexity index is 878. The zero-order valence-electron chi connectivity index (χ0n) is 16.5. The quantitative estimate of drug-likeness (QED) is 0.732. The van der Waals surface area contributed by atoms with E-state index in [1.54, 1.807) is 12.1 Å². The Morgan fingerprint density at radius 3 is 2.25 bits per heavy atom. The Labute approximate surface area is 167 Å². The molecule has 2 aromatic carbocycles. The number of ether oxygens (including phenoxy) is 2. The highest BCUT2D eigenvalue weighted by molar-refractivity contribution is 7.89. The van der Waals surface area contributed by atoms with Gasteiger partial charge in [-0.05, 0) is 36.3 Å². The van der Waals surface area contributed by atoms with Crippen molar-refractivity contribution < 1.29 is 17.9 Å². The van der Waals surface area contributed by atoms with Gasteiger partial charge >= 0.3 is 0 Å². The van der Waals surface area contributed by atoms with Crippen LogP contribution in [0.5, 0.6) is 11.5 Å². The summed E-state index contributed by atoms with van der Waals surface area (Å²) in [5.41, 5.74) is 2.14. The Morgan fingerprint density at radius 2 is 1.57 bits per heavy atom. The van der Waals surface area contributed by atoms with Crippen molar-refractivity contribution in [2.45, 2.75) is 38.3 Å². The maximum atomic E-state index is 12.7. The van der Waals surface area contributed by atoms with Crippen LogP contribution in [0, 0.1) is 0 Å². The number of hydrogen-bond donors (Lipinski definition) is 1. The van der Waals surface area contributed by atoms with Gasteiger partial charge in [0, 0.05) is 25.6 Å². The minimum atomic E-state index is -3.63. The van der Waals surface area contributed by atoms with E-state index in [1.165, 1.54) is 11.6 Å². The van der Waals surface area contributed by atoms with Crippen molar-refractivity contribution in [3.05, 3.63) is 53.6 Å². The normalized spacial score (nSPS) is 14.1. The van der Waals surface area contributed by atoms with Crippen LogP contribution in [-0.2, 0) is 23.1 Å². The van der Waals surface area contributed by atoms with Gasteiger partial charge in [-0.25, -0.2) is 13.1 Å². The second kappa shape index (κ2) is 9.41. The number of sulfonamides is 1. The lowest BCUT2D eigenvalue weighted by atomic mass is 10.1. The zero-order valence-corrected chi connectivity index (χ0v) is 17.3. The largest absolute Gasteiger partial charge is 0.490 e. The Balaban J connectivity index is 1.64. The molecular weight excluding hydrogens is 376 g/mol. The molecule has 0 amide bonds. The van der Waals surface area contributed by atoms with Crippen LogP contribution in [0.15, 0.2) is 47.4 Å². The maximum absolute atomic E-state index is 12.7. The lowest BCUT2D eigenvalue weighted by molar-refractivity contribution is 0.296. The lowest BCUT2D eigenvalue weighted by Crippen LogP contribution is -2.23. The van der Waals surface area contributed by atoms with Crippen LogP contribution < -0.4 is 14.2 Å². The van der Waals surface area contributed by atoms with Gasteiger partial charge in [-0.1, -0.05) is 38.1 Å². The molecule has 0 fully saturated rings. The number of hydrogen-bond acceptors (Lipinski definition) is 5. The van der Waals surface area contributed by atoms with Crippen molar-refractivity contribution in [2.75, 3.05) is 26.3 Å². The highest BCUT2D eigenvalue weighted by Crippen LogP contribution is 2.31. The highest BCUT2D eigenvalue weighted by atomic mass is 32.2. The second-order valence-corrected chi connectivity index (χ2v) is 8.53. The predicted molar refractivity (Wildman–Crippen MR) is 109 cm³/mol. The Hall–Kier alpha value is -2.09. The molecule has 0 spiro atoms. The molecule has 3 rings (SSSR count). The summed E-state index contributed by atoms with van der Waals surface area (Å²) in [5, 5.41) is 0. The van der Waals surface area contributed by atoms with Gasteiger partial charge in [0.1, 0.15) is 0 Å². The summed E-state index contributed by atoms with van der Waals surface area (Å²) in [7, 11) is -3.63. The summed E-state index contributed by atoms with van der Waals surface area (Å²) in [6.07, 6.45) is 0.777. The first kappa shape index (κ1) is 20.6. The molecule has 1 N–H and O–H groups in total. The zero-order chi connectivity index (χ0) is 20.0. The van der Waals surface area contributed by atoms with Gasteiger partial charge in [0.25, 0.3) is 0 Å². The van der Waals surface area contributed by atoms with E-state index in [0.717, 1.165) is 31.6 Å². The third-order valence-electron chi connectivity index (χ3n) is 4.82. The number of benzene rings is 2. The first-order valence-corrected chi connectivity index (χ1v) is 11.2. The fourth-order valence-corrected chi connectivity index (χ4v) is 4.07. The van der Waals surface area contributed by atoms with E-state index in [4.69, 9.17) is 9.47 Å². The second-order valence-electron chi connectivity index (χ2n) is 6.76. The summed E-state index contributed by atoms with van der Waals surface area (Å²) in [4.78, 5) is 2.51. The number of nitrogens with zero attached hydrogens (tertiary/aromatic N) is 1. The standard InChI is InChI=1S/C21H28N2O4S/c1-3-23(4-2)16-18-8-6-17(7-9-18)15-22-28(24,25)19-10-11-20-21(14-19)27-13-5-12-26-20/h6-11,14,22H,3-5,12-13,15-16H2,1-2H3. The third kappa shape index (κ3) is 5.25. The lowest BCUT2D eigenvalue weighted by Gasteiger charge is -2.18. The Kier molecular flexibility index (Phi) is 6.93. The van der Waals surface area contributed by atoms with Crippen LogP contribution in [0.2, 0.25) is 0 Å². The van der Waals surface area contributed by atoms with E-state index in [0.29, 0.717) is 24.7 Å². The van der Waals surface area contributed by atoms with Crippen LogP contribution in [0.3, 0.4) is 0 Å². The maximum Gasteiger partial charge on any atom is 0.241 e. The van der Waals surface area contributed by atoms with Crippen LogP contribution >= 0.6 is 0 Å². The van der Waals surface area contributed by atoms with Crippen molar-refractivity contribution in [1.82, 2.24) is 9.62 Å². The van der Waals surface area contributed by atoms with E-state index < -0.39 is 10.0 Å². The number of nitrogens with one attached hydrogen (secondary N) is 1. The molecule has 0 aliphatic carbocycles. The fraction of sp³-hybridized carbons (Fsp3) is 0.429. The first-order valence-electron chi connectivity index (χ1n) is 9.71. The average Bonchev–Trinajstić information content (AvgIpc) is 2.96. The van der Waals surface area contributed by atoms with Gasteiger partial charge in [-0.2, -0.15) is 0 Å². The van der Waals surface area contributed by atoms with Gasteiger partial charge in [-0.3, -0.25) is 4.90 Å². The van der Waals surface area contributed by atoms with Crippen LogP contribution in [0.4, 0.5) is 0 Å². The number of fused-ring (bicyclic) bond motifs is 1. The predicted octanol–water partition coefficient (Wildman–Crippen LogP) is 3.17. The van der Waals surface area contributed by atoms with Crippen molar-refractivity contribution in [3.8, 4) is 11.5 Å². The molecule has 2 aromatic rings. The monoisotopic (exact) mass is 404 g/mol. The van der Waals surface area contributed by atoms with E-state index in [1.807, 2.05) is 12.1 Å². The van der Waals surface area contributed by atoms with Gasteiger partial charge in [0.2, 0.25) is 10.0 Å². The van der Waals surface area contributed by atoms with Crippen molar-refractivity contribution in [1.29, 1.82) is 0 Å². The molecule has 1 aliphatic heterocycles. The minimum absolute atomic E-state index is 0.176. The minimum Gasteiger partial charge on any atom is -0.490 e. The molecule has 7 heteroatoms. The van der Waals surface area contributed by atoms with Crippen molar-refractivity contribution in [2.24, 2.45) is 0 Å². The molecule has 0 aromatic heterocycles. The summed E-state index contributed by atoms with van der Waals surface area (Å²) in [6.45, 7) is 8.53. The van der Waals surface area contributed by atoms with Gasteiger partial charge in [0.15, 0.2) is 11.5 Å². The molecule has 0 atom stereocenters. The van der Waals surface area contributed by atoms with Gasteiger partial charge in [0.05, 0.1) is 18.1 Å². The third-order valence-corrected chi connectivity index (χ3v) is 6.22. The van der Waals surface area contributed by atoms with E-state index in [-0.39, 0.29) is 11.4 Å². The summed E-state index contributed by atoms with van der Waals surface area (Å²) in [6, 6.07) is 12.8. The van der Waals surface area contributed by atoms with Crippen molar-refractivity contribution >= 4 is 10.0 Å². The first-order chi connectivity index (χ1) is 13.5.